The van der Waals surface area contributed by atoms with E-state index in [1.165, 1.54) is 5.56 Å². The predicted molar refractivity (Wildman–Crippen MR) is 124 cm³/mol. The number of aryl methyl sites for hydroxylation is 2. The average Bonchev–Trinajstić information content (AvgIpc) is 3.21. The molecule has 0 spiro atoms. The largest absolute Gasteiger partial charge is 0.496 e. The highest BCUT2D eigenvalue weighted by molar-refractivity contribution is 6.00. The smallest absolute Gasteiger partial charge is 0.227 e. The molecule has 2 heterocycles. The molecule has 4 rings (SSSR count). The van der Waals surface area contributed by atoms with Gasteiger partial charge in [0.05, 0.1) is 13.0 Å². The molecule has 0 aromatic heterocycles. The van der Waals surface area contributed by atoms with Crippen LogP contribution in [0.15, 0.2) is 42.5 Å². The van der Waals surface area contributed by atoms with Gasteiger partial charge in [0, 0.05) is 49.4 Å². The number of nitrogens with one attached hydrogen (secondary N) is 1. The maximum absolute atomic E-state index is 13.1. The van der Waals surface area contributed by atoms with E-state index in [4.69, 9.17) is 9.47 Å². The fourth-order valence-electron chi connectivity index (χ4n) is 4.81. The maximum Gasteiger partial charge on any atom is 0.227 e. The SMILES string of the molecule is COc1ccccc1C1(CNC(=O)[C@H]2CC(=O)N(c3ccc(C)c(C)c3)C2)CCOCC1. The Bertz CT molecular complexity index is 997. The Labute approximate surface area is 189 Å². The molecule has 2 aliphatic rings. The summed E-state index contributed by atoms with van der Waals surface area (Å²) in [6, 6.07) is 14.0. The highest BCUT2D eigenvalue weighted by Gasteiger charge is 2.39. The number of rotatable bonds is 6. The van der Waals surface area contributed by atoms with Crippen LogP contribution in [0.5, 0.6) is 5.75 Å². The van der Waals surface area contributed by atoms with Crippen molar-refractivity contribution in [3.05, 3.63) is 59.2 Å². The number of amides is 2. The van der Waals surface area contributed by atoms with E-state index in [2.05, 4.69) is 18.3 Å². The van der Waals surface area contributed by atoms with Crippen molar-refractivity contribution in [2.45, 2.75) is 38.5 Å². The first-order valence-corrected chi connectivity index (χ1v) is 11.3. The van der Waals surface area contributed by atoms with Crippen LogP contribution in [0.1, 0.15) is 36.0 Å². The summed E-state index contributed by atoms with van der Waals surface area (Å²) in [5, 5.41) is 3.17. The number of nitrogens with zero attached hydrogens (tertiary/aromatic N) is 1. The van der Waals surface area contributed by atoms with Crippen molar-refractivity contribution < 1.29 is 19.1 Å². The molecular weight excluding hydrogens is 404 g/mol. The van der Waals surface area contributed by atoms with Gasteiger partial charge in [-0.2, -0.15) is 0 Å². The van der Waals surface area contributed by atoms with Crippen LogP contribution in [0, 0.1) is 19.8 Å². The van der Waals surface area contributed by atoms with Crippen LogP contribution in [0.25, 0.3) is 0 Å². The van der Waals surface area contributed by atoms with Crippen molar-refractivity contribution in [2.75, 3.05) is 38.3 Å². The second-order valence-electron chi connectivity index (χ2n) is 8.98. The second-order valence-corrected chi connectivity index (χ2v) is 8.98. The van der Waals surface area contributed by atoms with Crippen molar-refractivity contribution in [3.63, 3.8) is 0 Å². The van der Waals surface area contributed by atoms with E-state index >= 15 is 0 Å². The summed E-state index contributed by atoms with van der Waals surface area (Å²) in [6.45, 7) is 6.30. The van der Waals surface area contributed by atoms with Gasteiger partial charge in [-0.05, 0) is 56.0 Å². The van der Waals surface area contributed by atoms with E-state index in [1.807, 2.05) is 43.3 Å². The number of ether oxygens (including phenoxy) is 2. The van der Waals surface area contributed by atoms with E-state index < -0.39 is 0 Å². The van der Waals surface area contributed by atoms with E-state index in [0.29, 0.717) is 26.3 Å². The molecule has 0 unspecified atom stereocenters. The van der Waals surface area contributed by atoms with Crippen LogP contribution in [0.2, 0.25) is 0 Å². The first-order valence-electron chi connectivity index (χ1n) is 11.3. The molecule has 0 bridgehead atoms. The van der Waals surface area contributed by atoms with Crippen LogP contribution in [-0.4, -0.2) is 45.2 Å². The zero-order valence-electron chi connectivity index (χ0n) is 19.1. The zero-order chi connectivity index (χ0) is 22.7. The summed E-state index contributed by atoms with van der Waals surface area (Å²) in [5.74, 6) is 0.420. The molecule has 0 saturated carbocycles. The lowest BCUT2D eigenvalue weighted by atomic mass is 9.73. The van der Waals surface area contributed by atoms with Crippen LogP contribution >= 0.6 is 0 Å². The number of anilines is 1. The molecule has 2 fully saturated rings. The zero-order valence-corrected chi connectivity index (χ0v) is 19.1. The Morgan fingerprint density at radius 3 is 2.62 bits per heavy atom. The van der Waals surface area contributed by atoms with Crippen molar-refractivity contribution in [2.24, 2.45) is 5.92 Å². The minimum Gasteiger partial charge on any atom is -0.496 e. The summed E-state index contributed by atoms with van der Waals surface area (Å²) in [7, 11) is 1.68. The van der Waals surface area contributed by atoms with Gasteiger partial charge in [0.2, 0.25) is 11.8 Å². The maximum atomic E-state index is 13.1. The minimum atomic E-state index is -0.348. The van der Waals surface area contributed by atoms with Crippen molar-refractivity contribution >= 4 is 17.5 Å². The monoisotopic (exact) mass is 436 g/mol. The molecule has 2 saturated heterocycles. The van der Waals surface area contributed by atoms with Gasteiger partial charge in [-0.3, -0.25) is 9.59 Å². The Hall–Kier alpha value is -2.86. The molecular formula is C26H32N2O4. The lowest BCUT2D eigenvalue weighted by Gasteiger charge is -2.38. The second kappa shape index (κ2) is 9.33. The normalized spacial score (nSPS) is 20.3. The summed E-state index contributed by atoms with van der Waals surface area (Å²) < 4.78 is 11.2. The number of carbonyl (C=O) groups excluding carboxylic acids is 2. The standard InChI is InChI=1S/C26H32N2O4/c1-18-8-9-21(14-19(18)2)28-16-20(15-24(28)29)25(30)27-17-26(10-12-32-13-11-26)22-6-4-5-7-23(22)31-3/h4-9,14,20H,10-13,15-17H2,1-3H3,(H,27,30)/t20-/m0/s1. The first kappa shape index (κ1) is 22.3. The molecule has 1 N–H and O–H groups in total. The number of carbonyl (C=O) groups is 2. The van der Waals surface area contributed by atoms with Gasteiger partial charge >= 0.3 is 0 Å². The highest BCUT2D eigenvalue weighted by atomic mass is 16.5. The fourth-order valence-corrected chi connectivity index (χ4v) is 4.81. The highest BCUT2D eigenvalue weighted by Crippen LogP contribution is 2.39. The van der Waals surface area contributed by atoms with Gasteiger partial charge in [-0.1, -0.05) is 24.3 Å². The quantitative estimate of drug-likeness (QED) is 0.752. The number of benzene rings is 2. The number of para-hydroxylation sites is 1. The fraction of sp³-hybridized carbons (Fsp3) is 0.462. The predicted octanol–water partition coefficient (Wildman–Crippen LogP) is 3.53. The molecule has 2 aliphatic heterocycles. The third kappa shape index (κ3) is 4.37. The van der Waals surface area contributed by atoms with Gasteiger partial charge in [-0.25, -0.2) is 0 Å². The third-order valence-electron chi connectivity index (χ3n) is 7.03. The Balaban J connectivity index is 1.47. The molecule has 6 nitrogen and oxygen atoms in total. The van der Waals surface area contributed by atoms with Gasteiger partial charge in [0.1, 0.15) is 5.75 Å². The van der Waals surface area contributed by atoms with Gasteiger partial charge in [0.15, 0.2) is 0 Å². The van der Waals surface area contributed by atoms with Crippen LogP contribution in [0.3, 0.4) is 0 Å². The molecule has 32 heavy (non-hydrogen) atoms. The summed E-state index contributed by atoms with van der Waals surface area (Å²) in [6.07, 6.45) is 1.86. The topological polar surface area (TPSA) is 67.9 Å². The number of hydrogen-bond acceptors (Lipinski definition) is 4. The van der Waals surface area contributed by atoms with Crippen molar-refractivity contribution in [1.82, 2.24) is 5.32 Å². The average molecular weight is 437 g/mol. The molecule has 6 heteroatoms. The van der Waals surface area contributed by atoms with Gasteiger partial charge in [0.25, 0.3) is 0 Å². The lowest BCUT2D eigenvalue weighted by Crippen LogP contribution is -2.46. The van der Waals surface area contributed by atoms with E-state index in [1.54, 1.807) is 12.0 Å². The molecule has 0 radical (unpaired) electrons. The van der Waals surface area contributed by atoms with Crippen LogP contribution in [-0.2, 0) is 19.7 Å². The van der Waals surface area contributed by atoms with Crippen molar-refractivity contribution in [1.29, 1.82) is 0 Å². The van der Waals surface area contributed by atoms with E-state index in [0.717, 1.165) is 35.4 Å². The third-order valence-corrected chi connectivity index (χ3v) is 7.03. The lowest BCUT2D eigenvalue weighted by molar-refractivity contribution is -0.126. The van der Waals surface area contributed by atoms with E-state index in [9.17, 15) is 9.59 Å². The number of methoxy groups -OCH3 is 1. The minimum absolute atomic E-state index is 0.00101. The van der Waals surface area contributed by atoms with Crippen LogP contribution in [0.4, 0.5) is 5.69 Å². The summed E-state index contributed by atoms with van der Waals surface area (Å²) in [4.78, 5) is 27.5. The van der Waals surface area contributed by atoms with Crippen molar-refractivity contribution in [3.8, 4) is 5.75 Å². The first-order chi connectivity index (χ1) is 15.4. The van der Waals surface area contributed by atoms with Gasteiger partial charge in [-0.15, -0.1) is 0 Å². The summed E-state index contributed by atoms with van der Waals surface area (Å²) >= 11 is 0. The van der Waals surface area contributed by atoms with Gasteiger partial charge < -0.3 is 19.7 Å². The molecule has 2 amide bonds. The number of hydrogen-bond donors (Lipinski definition) is 1. The molecule has 2 aromatic rings. The van der Waals surface area contributed by atoms with E-state index in [-0.39, 0.29) is 29.6 Å². The molecule has 2 aromatic carbocycles. The Kier molecular flexibility index (Phi) is 6.51. The molecule has 1 atom stereocenters. The summed E-state index contributed by atoms with van der Waals surface area (Å²) in [5.41, 5.74) is 4.06. The molecule has 170 valence electrons. The Morgan fingerprint density at radius 2 is 1.91 bits per heavy atom. The van der Waals surface area contributed by atoms with Crippen LogP contribution < -0.4 is 15.0 Å². The molecule has 0 aliphatic carbocycles. The Morgan fingerprint density at radius 1 is 1.16 bits per heavy atom.